The summed E-state index contributed by atoms with van der Waals surface area (Å²) in [6, 6.07) is 2.14. The largest absolute Gasteiger partial charge is 0.322 e. The zero-order chi connectivity index (χ0) is 14.8. The number of thiophene rings is 1. The van der Waals surface area contributed by atoms with E-state index < -0.39 is 0 Å². The van der Waals surface area contributed by atoms with Crippen molar-refractivity contribution in [2.45, 2.75) is 58.2 Å². The predicted molar refractivity (Wildman–Crippen MR) is 87.1 cm³/mol. The first-order valence-electron chi connectivity index (χ1n) is 8.23. The lowest BCUT2D eigenvalue weighted by Gasteiger charge is -2.30. The van der Waals surface area contributed by atoms with Crippen LogP contribution in [0, 0.1) is 11.8 Å². The van der Waals surface area contributed by atoms with Crippen LogP contribution in [0.5, 0.6) is 0 Å². The lowest BCUT2D eigenvalue weighted by molar-refractivity contribution is -0.130. The van der Waals surface area contributed by atoms with Gasteiger partial charge in [-0.15, -0.1) is 0 Å². The molecule has 1 aliphatic carbocycles. The summed E-state index contributed by atoms with van der Waals surface area (Å²) >= 11 is 1.71. The summed E-state index contributed by atoms with van der Waals surface area (Å²) in [6.45, 7) is 5.28. The predicted octanol–water partition coefficient (Wildman–Crippen LogP) is 3.78. The molecule has 2 aliphatic rings. The molecule has 1 saturated carbocycles. The molecule has 0 aromatic carbocycles. The molecule has 2 heterocycles. The maximum Gasteiger partial charge on any atom is 0.241 e. The van der Waals surface area contributed by atoms with Gasteiger partial charge < -0.3 is 4.90 Å². The molecule has 2 fully saturated rings. The van der Waals surface area contributed by atoms with Crippen molar-refractivity contribution in [2.24, 2.45) is 11.8 Å². The van der Waals surface area contributed by atoms with Crippen molar-refractivity contribution in [3.63, 3.8) is 0 Å². The normalized spacial score (nSPS) is 26.6. The zero-order valence-electron chi connectivity index (χ0n) is 13.0. The number of hydrogen-bond donors (Lipinski definition) is 1. The average Bonchev–Trinajstić information content (AvgIpc) is 2.98. The lowest BCUT2D eigenvalue weighted by atomic mass is 9.83. The molecule has 1 aliphatic heterocycles. The first kappa shape index (κ1) is 15.0. The van der Waals surface area contributed by atoms with Gasteiger partial charge in [0, 0.05) is 6.54 Å². The second kappa shape index (κ2) is 6.49. The molecule has 2 atom stereocenters. The first-order chi connectivity index (χ1) is 10.1. The topological polar surface area (TPSA) is 32.3 Å². The minimum absolute atomic E-state index is 0.00343. The van der Waals surface area contributed by atoms with Gasteiger partial charge in [-0.25, -0.2) is 0 Å². The van der Waals surface area contributed by atoms with Crippen molar-refractivity contribution in [3.05, 3.63) is 22.4 Å². The van der Waals surface area contributed by atoms with E-state index in [4.69, 9.17) is 0 Å². The highest BCUT2D eigenvalue weighted by Gasteiger charge is 2.39. The van der Waals surface area contributed by atoms with Gasteiger partial charge in [0.05, 0.1) is 6.04 Å². The van der Waals surface area contributed by atoms with Gasteiger partial charge in [-0.2, -0.15) is 11.3 Å². The van der Waals surface area contributed by atoms with Gasteiger partial charge in [0.1, 0.15) is 6.17 Å². The van der Waals surface area contributed by atoms with Crippen molar-refractivity contribution < 1.29 is 4.79 Å². The lowest BCUT2D eigenvalue weighted by Crippen LogP contribution is -2.33. The SMILES string of the molecule is CC(C)CC1NC(c2ccsc2)N(CCC2CCC2)C1=O. The molecule has 1 amide bonds. The summed E-state index contributed by atoms with van der Waals surface area (Å²) in [4.78, 5) is 14.8. The second-order valence-electron chi connectivity index (χ2n) is 6.93. The van der Waals surface area contributed by atoms with Crippen molar-refractivity contribution in [1.82, 2.24) is 10.2 Å². The van der Waals surface area contributed by atoms with E-state index in [2.05, 4.69) is 40.9 Å². The molecule has 1 aromatic rings. The number of amides is 1. The maximum absolute atomic E-state index is 12.7. The van der Waals surface area contributed by atoms with E-state index >= 15 is 0 Å². The van der Waals surface area contributed by atoms with E-state index in [0.717, 1.165) is 18.9 Å². The Morgan fingerprint density at radius 1 is 1.43 bits per heavy atom. The molecule has 0 spiro atoms. The van der Waals surface area contributed by atoms with Crippen molar-refractivity contribution in [3.8, 4) is 0 Å². The fraction of sp³-hybridized carbons (Fsp3) is 0.706. The van der Waals surface area contributed by atoms with E-state index in [0.29, 0.717) is 11.8 Å². The van der Waals surface area contributed by atoms with Crippen molar-refractivity contribution in [1.29, 1.82) is 0 Å². The Morgan fingerprint density at radius 2 is 2.24 bits per heavy atom. The molecule has 21 heavy (non-hydrogen) atoms. The summed E-state index contributed by atoms with van der Waals surface area (Å²) < 4.78 is 0. The Kier molecular flexibility index (Phi) is 4.65. The molecular formula is C17H26N2OS. The summed E-state index contributed by atoms with van der Waals surface area (Å²) in [5.41, 5.74) is 1.24. The van der Waals surface area contributed by atoms with E-state index in [9.17, 15) is 4.79 Å². The Balaban J connectivity index is 1.70. The van der Waals surface area contributed by atoms with E-state index in [-0.39, 0.29) is 12.2 Å². The summed E-state index contributed by atoms with van der Waals surface area (Å²) in [5.74, 6) is 1.70. The van der Waals surface area contributed by atoms with Crippen molar-refractivity contribution in [2.75, 3.05) is 6.54 Å². The highest BCUT2D eigenvalue weighted by molar-refractivity contribution is 7.07. The van der Waals surface area contributed by atoms with Crippen LogP contribution in [-0.2, 0) is 4.79 Å². The third-order valence-electron chi connectivity index (χ3n) is 4.82. The molecule has 4 heteroatoms. The molecule has 1 aromatic heterocycles. The number of rotatable bonds is 6. The average molecular weight is 306 g/mol. The highest BCUT2D eigenvalue weighted by Crippen LogP contribution is 2.33. The van der Waals surface area contributed by atoms with Crippen LogP contribution < -0.4 is 5.32 Å². The molecule has 0 bridgehead atoms. The molecule has 0 radical (unpaired) electrons. The number of nitrogens with one attached hydrogen (secondary N) is 1. The van der Waals surface area contributed by atoms with Crippen molar-refractivity contribution >= 4 is 17.2 Å². The number of carbonyl (C=O) groups is 1. The Bertz CT molecular complexity index is 467. The van der Waals surface area contributed by atoms with Crippen LogP contribution in [0.25, 0.3) is 0 Å². The quantitative estimate of drug-likeness (QED) is 0.867. The Morgan fingerprint density at radius 3 is 2.81 bits per heavy atom. The minimum atomic E-state index is -0.00343. The summed E-state index contributed by atoms with van der Waals surface area (Å²) in [6.07, 6.45) is 6.28. The minimum Gasteiger partial charge on any atom is -0.322 e. The molecule has 3 nitrogen and oxygen atoms in total. The standard InChI is InChI=1S/C17H26N2OS/c1-12(2)10-15-17(20)19(8-6-13-4-3-5-13)16(18-15)14-7-9-21-11-14/h7,9,11-13,15-16,18H,3-6,8,10H2,1-2H3. The van der Waals surface area contributed by atoms with E-state index in [1.54, 1.807) is 11.3 Å². The first-order valence-corrected chi connectivity index (χ1v) is 9.18. The maximum atomic E-state index is 12.7. The van der Waals surface area contributed by atoms with Gasteiger partial charge in [-0.3, -0.25) is 10.1 Å². The highest BCUT2D eigenvalue weighted by atomic mass is 32.1. The molecule has 116 valence electrons. The van der Waals surface area contributed by atoms with Gasteiger partial charge >= 0.3 is 0 Å². The Labute approximate surface area is 131 Å². The Hall–Kier alpha value is -0.870. The van der Waals surface area contributed by atoms with Crippen LogP contribution in [0.2, 0.25) is 0 Å². The van der Waals surface area contributed by atoms with Gasteiger partial charge in [0.2, 0.25) is 5.91 Å². The number of hydrogen-bond acceptors (Lipinski definition) is 3. The third-order valence-corrected chi connectivity index (χ3v) is 5.52. The van der Waals surface area contributed by atoms with E-state index in [1.807, 2.05) is 0 Å². The van der Waals surface area contributed by atoms with Gasteiger partial charge in [-0.1, -0.05) is 33.1 Å². The fourth-order valence-corrected chi connectivity index (χ4v) is 4.05. The molecule has 1 N–H and O–H groups in total. The van der Waals surface area contributed by atoms with E-state index in [1.165, 1.54) is 31.2 Å². The molecule has 3 rings (SSSR count). The van der Waals surface area contributed by atoms with Crippen LogP contribution >= 0.6 is 11.3 Å². The number of carbonyl (C=O) groups excluding carboxylic acids is 1. The van der Waals surface area contributed by atoms with Crippen LogP contribution in [0.15, 0.2) is 16.8 Å². The molecular weight excluding hydrogens is 280 g/mol. The summed E-state index contributed by atoms with van der Waals surface area (Å²) in [7, 11) is 0. The fourth-order valence-electron chi connectivity index (χ4n) is 3.37. The molecule has 1 saturated heterocycles. The smallest absolute Gasteiger partial charge is 0.241 e. The third kappa shape index (κ3) is 3.32. The number of nitrogens with zero attached hydrogens (tertiary/aromatic N) is 1. The van der Waals surface area contributed by atoms with Gasteiger partial charge in [0.15, 0.2) is 0 Å². The van der Waals surface area contributed by atoms with Gasteiger partial charge in [-0.05, 0) is 47.1 Å². The van der Waals surface area contributed by atoms with Crippen LogP contribution in [0.4, 0.5) is 0 Å². The summed E-state index contributed by atoms with van der Waals surface area (Å²) in [5, 5.41) is 7.83. The van der Waals surface area contributed by atoms with Crippen LogP contribution in [-0.4, -0.2) is 23.4 Å². The molecule has 2 unspecified atom stereocenters. The zero-order valence-corrected chi connectivity index (χ0v) is 13.9. The second-order valence-corrected chi connectivity index (χ2v) is 7.71. The van der Waals surface area contributed by atoms with Gasteiger partial charge in [0.25, 0.3) is 0 Å². The monoisotopic (exact) mass is 306 g/mol. The van der Waals surface area contributed by atoms with Crippen LogP contribution in [0.1, 0.15) is 57.7 Å². The van der Waals surface area contributed by atoms with Crippen LogP contribution in [0.3, 0.4) is 0 Å².